The predicted molar refractivity (Wildman–Crippen MR) is 137 cm³/mol. The van der Waals surface area contributed by atoms with Gasteiger partial charge in [-0.15, -0.1) is 0 Å². The first-order valence-electron chi connectivity index (χ1n) is 10.6. The fourth-order valence-electron chi connectivity index (χ4n) is 4.24. The molecule has 0 amide bonds. The first kappa shape index (κ1) is 22.4. The van der Waals surface area contributed by atoms with Crippen LogP contribution in [0.1, 0.15) is 16.7 Å². The molecule has 3 aromatic carbocycles. The Hall–Kier alpha value is -3.44. The summed E-state index contributed by atoms with van der Waals surface area (Å²) in [7, 11) is 1.58. The predicted octanol–water partition coefficient (Wildman–Crippen LogP) is 6.90. The third-order valence-corrected chi connectivity index (χ3v) is 6.53. The van der Waals surface area contributed by atoms with E-state index < -0.39 is 5.60 Å². The van der Waals surface area contributed by atoms with Crippen molar-refractivity contribution < 1.29 is 9.84 Å². The van der Waals surface area contributed by atoms with E-state index in [0.717, 1.165) is 5.56 Å². The molecule has 0 aliphatic rings. The van der Waals surface area contributed by atoms with Crippen LogP contribution in [0.4, 0.5) is 0 Å². The van der Waals surface area contributed by atoms with E-state index in [1.165, 1.54) is 0 Å². The van der Waals surface area contributed by atoms with Gasteiger partial charge in [0, 0.05) is 22.8 Å². The Morgan fingerprint density at radius 1 is 0.794 bits per heavy atom. The molecule has 0 fully saturated rings. The Kier molecular flexibility index (Phi) is 5.96. The van der Waals surface area contributed by atoms with Gasteiger partial charge in [0.1, 0.15) is 5.60 Å². The van der Waals surface area contributed by atoms with Crippen LogP contribution in [0.2, 0.25) is 10.0 Å². The molecule has 5 rings (SSSR count). The maximum Gasteiger partial charge on any atom is 0.223 e. The molecule has 6 heteroatoms. The van der Waals surface area contributed by atoms with Crippen molar-refractivity contribution in [3.8, 4) is 17.0 Å². The summed E-state index contributed by atoms with van der Waals surface area (Å²) in [4.78, 5) is 8.80. The summed E-state index contributed by atoms with van der Waals surface area (Å²) in [5.41, 5.74) is 2.68. The molecule has 2 aromatic heterocycles. The van der Waals surface area contributed by atoms with Crippen LogP contribution < -0.4 is 4.74 Å². The second-order valence-electron chi connectivity index (χ2n) is 7.86. The molecule has 0 radical (unpaired) electrons. The quantitative estimate of drug-likeness (QED) is 0.293. The largest absolute Gasteiger partial charge is 0.480 e. The summed E-state index contributed by atoms with van der Waals surface area (Å²) >= 11 is 13.3. The zero-order valence-electron chi connectivity index (χ0n) is 18.2. The van der Waals surface area contributed by atoms with E-state index >= 15 is 0 Å². The van der Waals surface area contributed by atoms with Crippen LogP contribution in [0.3, 0.4) is 0 Å². The lowest BCUT2D eigenvalue weighted by atomic mass is 9.80. The third kappa shape index (κ3) is 3.80. The van der Waals surface area contributed by atoms with E-state index in [9.17, 15) is 5.11 Å². The number of halogens is 2. The fraction of sp³-hybridized carbons (Fsp3) is 0.0714. The monoisotopic (exact) mass is 486 g/mol. The number of ether oxygens (including phenoxy) is 1. The van der Waals surface area contributed by atoms with Gasteiger partial charge in [-0.2, -0.15) is 0 Å². The number of pyridine rings is 2. The zero-order valence-corrected chi connectivity index (χ0v) is 19.8. The van der Waals surface area contributed by atoms with Crippen LogP contribution >= 0.6 is 23.2 Å². The maximum absolute atomic E-state index is 12.2. The van der Waals surface area contributed by atoms with E-state index in [-0.39, 0.29) is 0 Å². The summed E-state index contributed by atoms with van der Waals surface area (Å²) in [5.74, 6) is 0.440. The average Bonchev–Trinajstić information content (AvgIpc) is 2.89. The van der Waals surface area contributed by atoms with Crippen molar-refractivity contribution in [2.24, 2.45) is 0 Å². The van der Waals surface area contributed by atoms with Crippen molar-refractivity contribution >= 4 is 34.1 Å². The van der Waals surface area contributed by atoms with E-state index in [4.69, 9.17) is 32.9 Å². The van der Waals surface area contributed by atoms with Gasteiger partial charge in [-0.1, -0.05) is 71.7 Å². The summed E-state index contributed by atoms with van der Waals surface area (Å²) < 4.78 is 5.57. The molecule has 0 saturated heterocycles. The lowest BCUT2D eigenvalue weighted by molar-refractivity contribution is 0.126. The topological polar surface area (TPSA) is 55.2 Å². The highest BCUT2D eigenvalue weighted by molar-refractivity contribution is 6.38. The Labute approximate surface area is 207 Å². The molecule has 5 aromatic rings. The minimum absolute atomic E-state index is 0.440. The van der Waals surface area contributed by atoms with Gasteiger partial charge in [0.15, 0.2) is 0 Å². The summed E-state index contributed by atoms with van der Waals surface area (Å²) in [5, 5.41) is 13.9. The normalized spacial score (nSPS) is 12.9. The molecule has 0 spiro atoms. The van der Waals surface area contributed by atoms with Gasteiger partial charge >= 0.3 is 0 Å². The molecule has 168 valence electrons. The Bertz CT molecular complexity index is 1480. The lowest BCUT2D eigenvalue weighted by Gasteiger charge is -2.30. The minimum Gasteiger partial charge on any atom is -0.480 e. The summed E-state index contributed by atoms with van der Waals surface area (Å²) in [6, 6.07) is 26.1. The Morgan fingerprint density at radius 3 is 2.24 bits per heavy atom. The van der Waals surface area contributed by atoms with Crippen molar-refractivity contribution in [3.05, 3.63) is 124 Å². The lowest BCUT2D eigenvalue weighted by Crippen LogP contribution is -2.29. The number of hydrogen-bond acceptors (Lipinski definition) is 4. The number of nitrogens with zero attached hydrogens (tertiary/aromatic N) is 2. The van der Waals surface area contributed by atoms with Crippen LogP contribution in [0.25, 0.3) is 22.0 Å². The van der Waals surface area contributed by atoms with Crippen molar-refractivity contribution in [1.82, 2.24) is 9.97 Å². The second-order valence-corrected chi connectivity index (χ2v) is 8.68. The smallest absolute Gasteiger partial charge is 0.223 e. The highest BCUT2D eigenvalue weighted by atomic mass is 35.5. The fourth-order valence-corrected chi connectivity index (χ4v) is 4.77. The Balaban J connectivity index is 1.79. The van der Waals surface area contributed by atoms with Crippen molar-refractivity contribution in [3.63, 3.8) is 0 Å². The molecule has 1 unspecified atom stereocenters. The van der Waals surface area contributed by atoms with Gasteiger partial charge in [0.25, 0.3) is 0 Å². The average molecular weight is 487 g/mol. The molecular formula is C28H20Cl2N2O2. The van der Waals surface area contributed by atoms with Gasteiger partial charge < -0.3 is 9.84 Å². The number of hydrogen-bond donors (Lipinski definition) is 1. The first-order chi connectivity index (χ1) is 16.5. The highest BCUT2D eigenvalue weighted by Gasteiger charge is 2.34. The van der Waals surface area contributed by atoms with Crippen LogP contribution in [0.5, 0.6) is 5.88 Å². The molecule has 0 aliphatic carbocycles. The molecule has 0 aliphatic heterocycles. The van der Waals surface area contributed by atoms with Crippen LogP contribution in [0, 0.1) is 0 Å². The van der Waals surface area contributed by atoms with E-state index in [0.29, 0.717) is 49.1 Å². The molecule has 34 heavy (non-hydrogen) atoms. The zero-order chi connectivity index (χ0) is 23.7. The SMILES string of the molecule is COc1nc2ccc(C(O)(c3ccncc3)c3cccc(Cl)c3)cc2c(Cl)c1-c1ccccc1. The molecular weight excluding hydrogens is 467 g/mol. The first-order valence-corrected chi connectivity index (χ1v) is 11.4. The number of aliphatic hydroxyl groups is 1. The van der Waals surface area contributed by atoms with Crippen molar-refractivity contribution in [2.45, 2.75) is 5.60 Å². The molecule has 0 bridgehead atoms. The highest BCUT2D eigenvalue weighted by Crippen LogP contribution is 2.43. The van der Waals surface area contributed by atoms with E-state index in [2.05, 4.69) is 4.98 Å². The standard InChI is InChI=1S/C28H20Cl2N2O2/c1-34-27-25(18-6-3-2-4-7-18)26(30)23-17-21(10-11-24(23)32-27)28(33,19-12-14-31-15-13-19)20-8-5-9-22(29)16-20/h2-17,33H,1H3. The maximum atomic E-state index is 12.2. The molecule has 2 heterocycles. The van der Waals surface area contributed by atoms with Gasteiger partial charge in [-0.25, -0.2) is 4.98 Å². The van der Waals surface area contributed by atoms with Gasteiger partial charge in [0.2, 0.25) is 5.88 Å². The summed E-state index contributed by atoms with van der Waals surface area (Å²) in [6.45, 7) is 0. The molecule has 1 N–H and O–H groups in total. The van der Waals surface area contributed by atoms with Gasteiger partial charge in [0.05, 0.1) is 23.2 Å². The number of aromatic nitrogens is 2. The van der Waals surface area contributed by atoms with Gasteiger partial charge in [-0.05, 0) is 58.7 Å². The number of methoxy groups -OCH3 is 1. The van der Waals surface area contributed by atoms with E-state index in [1.54, 1.807) is 43.8 Å². The Morgan fingerprint density at radius 2 is 1.53 bits per heavy atom. The van der Waals surface area contributed by atoms with Crippen molar-refractivity contribution in [2.75, 3.05) is 7.11 Å². The van der Waals surface area contributed by atoms with Gasteiger partial charge in [-0.3, -0.25) is 4.98 Å². The molecule has 1 atom stereocenters. The van der Waals surface area contributed by atoms with Crippen molar-refractivity contribution in [1.29, 1.82) is 0 Å². The molecule has 0 saturated carbocycles. The molecule has 4 nitrogen and oxygen atoms in total. The van der Waals surface area contributed by atoms with Crippen LogP contribution in [-0.4, -0.2) is 22.2 Å². The number of rotatable bonds is 5. The number of benzene rings is 3. The number of fused-ring (bicyclic) bond motifs is 1. The summed E-state index contributed by atoms with van der Waals surface area (Å²) in [6.07, 6.45) is 3.30. The third-order valence-electron chi connectivity index (χ3n) is 5.90. The van der Waals surface area contributed by atoms with E-state index in [1.807, 2.05) is 60.7 Å². The second kappa shape index (κ2) is 9.07. The van der Waals surface area contributed by atoms with Crippen LogP contribution in [0.15, 0.2) is 97.3 Å². The minimum atomic E-state index is -1.49. The van der Waals surface area contributed by atoms with Crippen LogP contribution in [-0.2, 0) is 5.60 Å².